The van der Waals surface area contributed by atoms with Gasteiger partial charge < -0.3 is 14.2 Å². The van der Waals surface area contributed by atoms with Crippen LogP contribution < -0.4 is 25.5 Å². The monoisotopic (exact) mass is 850 g/mol. The largest absolute Gasteiger partial charge is 0.454 e. The Balaban J connectivity index is 1.25. The number of para-hydroxylation sites is 1. The molecule has 3 nitrogen and oxygen atoms in total. The Kier molecular flexibility index (Phi) is 8.06. The van der Waals surface area contributed by atoms with Gasteiger partial charge in [0.05, 0.1) is 11.4 Å². The summed E-state index contributed by atoms with van der Waals surface area (Å²) < 4.78 is 9.91. The number of fused-ring (bicyclic) bond motifs is 13. The van der Waals surface area contributed by atoms with Crippen LogP contribution in [0, 0.1) is 0 Å². The fraction of sp³-hybridized carbons (Fsp3) is 0.254. The van der Waals surface area contributed by atoms with E-state index < -0.39 is 0 Å². The highest BCUT2D eigenvalue weighted by Gasteiger charge is 2.48. The summed E-state index contributed by atoms with van der Waals surface area (Å²) in [6.07, 6.45) is 0. The van der Waals surface area contributed by atoms with Crippen molar-refractivity contribution in [1.29, 1.82) is 0 Å². The molecule has 9 aromatic rings. The van der Waals surface area contributed by atoms with Gasteiger partial charge in [0.1, 0.15) is 5.58 Å². The summed E-state index contributed by atoms with van der Waals surface area (Å²) in [4.78, 5) is 5.15. The van der Waals surface area contributed by atoms with Crippen molar-refractivity contribution < 1.29 is 4.42 Å². The van der Waals surface area contributed by atoms with Crippen molar-refractivity contribution in [3.63, 3.8) is 0 Å². The van der Waals surface area contributed by atoms with Crippen LogP contribution in [0.4, 0.5) is 34.1 Å². The van der Waals surface area contributed by atoms with E-state index in [2.05, 4.69) is 219 Å². The van der Waals surface area contributed by atoms with E-state index in [1.807, 2.05) is 11.3 Å². The van der Waals surface area contributed by atoms with Crippen molar-refractivity contribution in [1.82, 2.24) is 0 Å². The maximum absolute atomic E-state index is 7.21. The van der Waals surface area contributed by atoms with Crippen LogP contribution in [-0.4, -0.2) is 6.71 Å². The van der Waals surface area contributed by atoms with Gasteiger partial charge in [0, 0.05) is 53.8 Å². The zero-order valence-corrected chi connectivity index (χ0v) is 39.8. The predicted octanol–water partition coefficient (Wildman–Crippen LogP) is 15.1. The van der Waals surface area contributed by atoms with Gasteiger partial charge in [-0.15, -0.1) is 11.3 Å². The van der Waals surface area contributed by atoms with E-state index in [1.54, 1.807) is 0 Å². The van der Waals surface area contributed by atoms with Gasteiger partial charge in [0.2, 0.25) is 0 Å². The lowest BCUT2D eigenvalue weighted by Crippen LogP contribution is -2.60. The van der Waals surface area contributed by atoms with Crippen LogP contribution in [0.2, 0.25) is 0 Å². The Morgan fingerprint density at radius 3 is 1.80 bits per heavy atom. The molecular weight excluding hydrogens is 796 g/mol. The first-order chi connectivity index (χ1) is 30.4. The first kappa shape index (κ1) is 39.5. The molecule has 0 unspecified atom stereocenters. The summed E-state index contributed by atoms with van der Waals surface area (Å²) in [6.45, 7) is 25.6. The van der Waals surface area contributed by atoms with Crippen LogP contribution in [0.15, 0.2) is 138 Å². The second kappa shape index (κ2) is 13.0. The number of anilines is 6. The topological polar surface area (TPSA) is 19.6 Å². The van der Waals surface area contributed by atoms with Crippen LogP contribution in [0.3, 0.4) is 0 Å². The number of benzene rings is 7. The summed E-state index contributed by atoms with van der Waals surface area (Å²) >= 11 is 1.99. The molecule has 0 fully saturated rings. The minimum atomic E-state index is -0.105. The van der Waals surface area contributed by atoms with Crippen molar-refractivity contribution in [3.8, 4) is 11.1 Å². The van der Waals surface area contributed by atoms with Crippen LogP contribution >= 0.6 is 11.3 Å². The average molecular weight is 851 g/mol. The van der Waals surface area contributed by atoms with Gasteiger partial charge in [-0.05, 0) is 121 Å². The van der Waals surface area contributed by atoms with Crippen LogP contribution in [0.1, 0.15) is 104 Å². The maximum Gasteiger partial charge on any atom is 0.264 e. The van der Waals surface area contributed by atoms with Crippen LogP contribution in [0.25, 0.3) is 43.2 Å². The Morgan fingerprint density at radius 1 is 0.516 bits per heavy atom. The standard InChI is InChI=1S/C59H55BN2OS/c1-56(2,3)34-20-25-37(26-21-34)61-47-29-24-36(58(7,8)9)30-46(47)60-51-48(61)32-42-40-17-13-15-19-49(40)63-54(42)53(51)62(38-27-22-35(23-28-38)57(4,5)6)52-43-31-41-39-16-12-14-18-44(39)59(10,11)45(41)33-50(43)64-55(52)60/h12-33H,1-11H3. The fourth-order valence-corrected chi connectivity index (χ4v) is 12.5. The molecule has 316 valence electrons. The molecular formula is C59H55BN2OS. The summed E-state index contributed by atoms with van der Waals surface area (Å²) in [7, 11) is 0. The first-order valence-corrected chi connectivity index (χ1v) is 23.9. The fourth-order valence-electron chi connectivity index (χ4n) is 11.1. The van der Waals surface area contributed by atoms with E-state index >= 15 is 0 Å². The Labute approximate surface area is 382 Å². The number of nitrogens with zero attached hydrogens (tertiary/aromatic N) is 2. The highest BCUT2D eigenvalue weighted by Crippen LogP contribution is 2.55. The molecule has 7 aromatic carbocycles. The van der Waals surface area contributed by atoms with Crippen molar-refractivity contribution >= 4 is 99.9 Å². The number of hydrogen-bond acceptors (Lipinski definition) is 4. The molecule has 0 amide bonds. The molecule has 1 aliphatic carbocycles. The molecule has 12 rings (SSSR count). The van der Waals surface area contributed by atoms with E-state index in [0.717, 1.165) is 39.0 Å². The second-order valence-electron chi connectivity index (χ2n) is 22.2. The molecule has 0 atom stereocenters. The molecule has 2 aromatic heterocycles. The van der Waals surface area contributed by atoms with Crippen molar-refractivity contribution in [2.75, 3.05) is 9.80 Å². The lowest BCUT2D eigenvalue weighted by Gasteiger charge is -2.43. The van der Waals surface area contributed by atoms with Gasteiger partial charge in [-0.2, -0.15) is 0 Å². The van der Waals surface area contributed by atoms with Gasteiger partial charge in [-0.1, -0.05) is 155 Å². The van der Waals surface area contributed by atoms with Gasteiger partial charge in [0.15, 0.2) is 5.58 Å². The lowest BCUT2D eigenvalue weighted by atomic mass is 9.36. The zero-order chi connectivity index (χ0) is 44.4. The first-order valence-electron chi connectivity index (χ1n) is 23.0. The number of rotatable bonds is 2. The number of thiophene rings is 1. The minimum Gasteiger partial charge on any atom is -0.454 e. The second-order valence-corrected chi connectivity index (χ2v) is 23.3. The average Bonchev–Trinajstić information content (AvgIpc) is 3.89. The van der Waals surface area contributed by atoms with Crippen molar-refractivity contribution in [3.05, 3.63) is 161 Å². The summed E-state index contributed by atoms with van der Waals surface area (Å²) in [5.41, 5.74) is 21.0. The summed E-state index contributed by atoms with van der Waals surface area (Å²) in [5.74, 6) is 0. The maximum atomic E-state index is 7.21. The lowest BCUT2D eigenvalue weighted by molar-refractivity contribution is 0.590. The number of furan rings is 1. The van der Waals surface area contributed by atoms with E-state index in [4.69, 9.17) is 4.42 Å². The normalized spacial score (nSPS) is 15.1. The minimum absolute atomic E-state index is 0.0158. The molecule has 0 saturated carbocycles. The van der Waals surface area contributed by atoms with Crippen LogP contribution in [-0.2, 0) is 21.7 Å². The van der Waals surface area contributed by atoms with E-state index in [9.17, 15) is 0 Å². The predicted molar refractivity (Wildman–Crippen MR) is 277 cm³/mol. The quantitative estimate of drug-likeness (QED) is 0.162. The molecule has 2 aliphatic heterocycles. The third kappa shape index (κ3) is 5.52. The van der Waals surface area contributed by atoms with E-state index in [-0.39, 0.29) is 28.4 Å². The zero-order valence-electron chi connectivity index (χ0n) is 39.0. The van der Waals surface area contributed by atoms with Gasteiger partial charge in [0.25, 0.3) is 6.71 Å². The van der Waals surface area contributed by atoms with Crippen LogP contribution in [0.5, 0.6) is 0 Å². The summed E-state index contributed by atoms with van der Waals surface area (Å²) in [6, 6.07) is 51.2. The molecule has 0 spiro atoms. The highest BCUT2D eigenvalue weighted by molar-refractivity contribution is 7.33. The molecule has 0 radical (unpaired) electrons. The molecule has 0 saturated heterocycles. The Hall–Kier alpha value is -6.04. The molecule has 3 aliphatic rings. The Bertz CT molecular complexity index is 3420. The molecule has 0 bridgehead atoms. The smallest absolute Gasteiger partial charge is 0.264 e. The summed E-state index contributed by atoms with van der Waals surface area (Å²) in [5, 5.41) is 3.55. The van der Waals surface area contributed by atoms with Crippen molar-refractivity contribution in [2.45, 2.75) is 97.8 Å². The van der Waals surface area contributed by atoms with E-state index in [1.165, 1.54) is 81.8 Å². The highest BCUT2D eigenvalue weighted by atomic mass is 32.1. The van der Waals surface area contributed by atoms with Gasteiger partial charge >= 0.3 is 0 Å². The Morgan fingerprint density at radius 2 is 1.12 bits per heavy atom. The molecule has 4 heterocycles. The third-order valence-electron chi connectivity index (χ3n) is 14.7. The van der Waals surface area contributed by atoms with Gasteiger partial charge in [-0.3, -0.25) is 0 Å². The molecule has 0 N–H and O–H groups in total. The number of hydrogen-bond donors (Lipinski definition) is 0. The molecule has 5 heteroatoms. The molecule has 64 heavy (non-hydrogen) atoms. The SMILES string of the molecule is CC(C)(C)c1ccc(N2c3ccc(C(C)(C)C)cc3B3c4sc5cc6c(cc5c4N(c4ccc(C(C)(C)C)cc4)c4c3c2cc2c4oc3ccccc32)-c2ccccc2C6(C)C)cc1. The third-order valence-corrected chi connectivity index (χ3v) is 15.9. The van der Waals surface area contributed by atoms with Gasteiger partial charge in [-0.25, -0.2) is 0 Å². The van der Waals surface area contributed by atoms with E-state index in [0.29, 0.717) is 0 Å². The van der Waals surface area contributed by atoms with Crippen molar-refractivity contribution in [2.24, 2.45) is 0 Å².